The maximum Gasteiger partial charge on any atom is 0.404 e. The summed E-state index contributed by atoms with van der Waals surface area (Å²) < 4.78 is 49.7. The molecule has 0 bridgehead atoms. The molecule has 3 aromatic rings. The third-order valence-electron chi connectivity index (χ3n) is 5.47. The highest BCUT2D eigenvalue weighted by molar-refractivity contribution is 5.47. The molecule has 3 aromatic heterocycles. The molecule has 0 spiro atoms. The molecule has 0 N–H and O–H groups in total. The number of hydrogen-bond donors (Lipinski definition) is 0. The van der Waals surface area contributed by atoms with Crippen molar-refractivity contribution in [2.75, 3.05) is 32.1 Å². The predicted molar refractivity (Wildman–Crippen MR) is 103 cm³/mol. The molecule has 1 aliphatic rings. The van der Waals surface area contributed by atoms with E-state index < -0.39 is 17.5 Å². The summed E-state index contributed by atoms with van der Waals surface area (Å²) in [6.45, 7) is 0.336. The molecule has 160 valence electrons. The van der Waals surface area contributed by atoms with Gasteiger partial charge in [-0.1, -0.05) is 11.2 Å². The Hall–Kier alpha value is -2.95. The lowest BCUT2D eigenvalue weighted by Crippen LogP contribution is -2.45. The highest BCUT2D eigenvalue weighted by Crippen LogP contribution is 2.47. The molecular weight excluding hydrogens is 399 g/mol. The summed E-state index contributed by atoms with van der Waals surface area (Å²) in [7, 11) is 5.58. The van der Waals surface area contributed by atoms with Crippen molar-refractivity contribution in [3.05, 3.63) is 42.2 Å². The van der Waals surface area contributed by atoms with E-state index in [0.717, 1.165) is 11.6 Å². The summed E-state index contributed by atoms with van der Waals surface area (Å²) in [5.41, 5.74) is -1.02. The van der Waals surface area contributed by atoms with Gasteiger partial charge in [-0.3, -0.25) is 9.88 Å². The number of nitrogens with zero attached hydrogens (tertiary/aromatic N) is 7. The van der Waals surface area contributed by atoms with Crippen LogP contribution in [0, 0.1) is 0 Å². The van der Waals surface area contributed by atoms with Crippen LogP contribution in [0.3, 0.4) is 0 Å². The zero-order chi connectivity index (χ0) is 21.5. The summed E-state index contributed by atoms with van der Waals surface area (Å²) in [5, 5.41) is 3.75. The maximum absolute atomic E-state index is 14.2. The van der Waals surface area contributed by atoms with E-state index in [0.29, 0.717) is 12.2 Å². The highest BCUT2D eigenvalue weighted by atomic mass is 19.4. The lowest BCUT2D eigenvalue weighted by molar-refractivity contribution is -0.193. The van der Waals surface area contributed by atoms with Crippen LogP contribution in [0.1, 0.15) is 18.0 Å². The molecule has 8 nitrogen and oxygen atoms in total. The topological polar surface area (TPSA) is 76.1 Å². The molecule has 0 amide bonds. The second kappa shape index (κ2) is 7.38. The first kappa shape index (κ1) is 20.3. The van der Waals surface area contributed by atoms with E-state index in [1.807, 2.05) is 30.6 Å². The molecule has 4 rings (SSSR count). The quantitative estimate of drug-likeness (QED) is 0.627. The Morgan fingerprint density at radius 2 is 2.03 bits per heavy atom. The van der Waals surface area contributed by atoms with Gasteiger partial charge in [0.25, 0.3) is 0 Å². The number of pyridine rings is 1. The minimum atomic E-state index is -4.53. The van der Waals surface area contributed by atoms with Gasteiger partial charge in [-0.05, 0) is 18.6 Å². The summed E-state index contributed by atoms with van der Waals surface area (Å²) >= 11 is 0. The zero-order valence-electron chi connectivity index (χ0n) is 16.9. The van der Waals surface area contributed by atoms with Crippen LogP contribution in [-0.2, 0) is 19.0 Å². The summed E-state index contributed by atoms with van der Waals surface area (Å²) in [4.78, 5) is 16.1. The minimum absolute atomic E-state index is 0.0509. The van der Waals surface area contributed by atoms with Gasteiger partial charge in [-0.2, -0.15) is 18.2 Å². The van der Waals surface area contributed by atoms with Crippen molar-refractivity contribution < 1.29 is 17.7 Å². The van der Waals surface area contributed by atoms with Crippen LogP contribution in [0.5, 0.6) is 0 Å². The fourth-order valence-corrected chi connectivity index (χ4v) is 3.79. The van der Waals surface area contributed by atoms with Gasteiger partial charge in [0.05, 0.1) is 11.9 Å². The van der Waals surface area contributed by atoms with E-state index in [4.69, 9.17) is 4.52 Å². The lowest BCUT2D eigenvalue weighted by Gasteiger charge is -2.28. The van der Waals surface area contributed by atoms with E-state index in [1.54, 1.807) is 29.3 Å². The van der Waals surface area contributed by atoms with Gasteiger partial charge in [0.1, 0.15) is 5.69 Å². The summed E-state index contributed by atoms with van der Waals surface area (Å²) in [5.74, 6) is 0.371. The standard InChI is InChI=1S/C19H22F3N7O/c1-27(2)17-24-10-13(28(17)3)11-29-9-7-18(12-29,19(20,21)22)16-25-15(26-30-16)14-6-4-5-8-23-14/h4-6,8,10H,7,9,11-12H2,1-3H3. The Kier molecular flexibility index (Phi) is 5.00. The van der Waals surface area contributed by atoms with Crippen LogP contribution in [-0.4, -0.2) is 62.9 Å². The third-order valence-corrected chi connectivity index (χ3v) is 5.47. The molecular formula is C19H22F3N7O. The van der Waals surface area contributed by atoms with Crippen LogP contribution >= 0.6 is 0 Å². The Labute approximate surface area is 171 Å². The number of alkyl halides is 3. The van der Waals surface area contributed by atoms with Crippen molar-refractivity contribution >= 4 is 5.95 Å². The first-order valence-electron chi connectivity index (χ1n) is 9.44. The van der Waals surface area contributed by atoms with Crippen LogP contribution in [0.2, 0.25) is 0 Å². The van der Waals surface area contributed by atoms with Gasteiger partial charge in [0.15, 0.2) is 5.41 Å². The number of aromatic nitrogens is 5. The number of rotatable bonds is 5. The van der Waals surface area contributed by atoms with Crippen molar-refractivity contribution in [3.63, 3.8) is 0 Å². The second-order valence-electron chi connectivity index (χ2n) is 7.68. The van der Waals surface area contributed by atoms with Crippen LogP contribution in [0.4, 0.5) is 19.1 Å². The molecule has 1 fully saturated rings. The number of anilines is 1. The molecule has 1 unspecified atom stereocenters. The van der Waals surface area contributed by atoms with Crippen LogP contribution in [0.15, 0.2) is 35.1 Å². The normalized spacial score (nSPS) is 20.1. The summed E-state index contributed by atoms with van der Waals surface area (Å²) in [6.07, 6.45) is -1.47. The van der Waals surface area contributed by atoms with E-state index in [9.17, 15) is 13.2 Å². The summed E-state index contributed by atoms with van der Waals surface area (Å²) in [6, 6.07) is 5.04. The fourth-order valence-electron chi connectivity index (χ4n) is 3.79. The number of halogens is 3. The molecule has 0 saturated carbocycles. The Balaban J connectivity index is 1.60. The fraction of sp³-hybridized carbons (Fsp3) is 0.474. The Morgan fingerprint density at radius 3 is 2.67 bits per heavy atom. The predicted octanol–water partition coefficient (Wildman–Crippen LogP) is 2.64. The lowest BCUT2D eigenvalue weighted by atomic mass is 9.86. The maximum atomic E-state index is 14.2. The molecule has 0 aromatic carbocycles. The van der Waals surface area contributed by atoms with E-state index in [2.05, 4.69) is 20.1 Å². The van der Waals surface area contributed by atoms with Gasteiger partial charge >= 0.3 is 6.18 Å². The minimum Gasteiger partial charge on any atom is -0.348 e. The smallest absolute Gasteiger partial charge is 0.348 e. The van der Waals surface area contributed by atoms with Crippen molar-refractivity contribution in [2.24, 2.45) is 7.05 Å². The first-order valence-corrected chi connectivity index (χ1v) is 9.44. The van der Waals surface area contributed by atoms with Crippen molar-refractivity contribution in [1.82, 2.24) is 29.6 Å². The Bertz CT molecular complexity index is 1010. The van der Waals surface area contributed by atoms with Crippen LogP contribution < -0.4 is 4.90 Å². The van der Waals surface area contributed by atoms with Gasteiger partial charge in [0.2, 0.25) is 17.7 Å². The van der Waals surface area contributed by atoms with Crippen molar-refractivity contribution in [2.45, 2.75) is 24.6 Å². The average molecular weight is 421 g/mol. The van der Waals surface area contributed by atoms with Gasteiger partial charge in [-0.25, -0.2) is 4.98 Å². The monoisotopic (exact) mass is 421 g/mol. The van der Waals surface area contributed by atoms with E-state index in [1.165, 1.54) is 6.20 Å². The second-order valence-corrected chi connectivity index (χ2v) is 7.68. The van der Waals surface area contributed by atoms with E-state index >= 15 is 0 Å². The first-order chi connectivity index (χ1) is 14.2. The average Bonchev–Trinajstić information content (AvgIpc) is 3.42. The zero-order valence-corrected chi connectivity index (χ0v) is 16.9. The number of imidazole rings is 1. The SMILES string of the molecule is CN(C)c1ncc(CN2CCC(c3nc(-c4ccccn4)no3)(C(F)(F)F)C2)n1C. The Morgan fingerprint density at radius 1 is 1.23 bits per heavy atom. The molecule has 4 heterocycles. The third kappa shape index (κ3) is 3.42. The molecule has 1 saturated heterocycles. The van der Waals surface area contributed by atoms with Crippen molar-refractivity contribution in [1.29, 1.82) is 0 Å². The molecule has 0 radical (unpaired) electrons. The van der Waals surface area contributed by atoms with Crippen LogP contribution in [0.25, 0.3) is 11.5 Å². The van der Waals surface area contributed by atoms with Crippen molar-refractivity contribution in [3.8, 4) is 11.5 Å². The molecule has 0 aliphatic carbocycles. The highest BCUT2D eigenvalue weighted by Gasteiger charge is 2.62. The van der Waals surface area contributed by atoms with Gasteiger partial charge < -0.3 is 14.0 Å². The molecule has 11 heteroatoms. The number of likely N-dealkylation sites (tertiary alicyclic amines) is 1. The van der Waals surface area contributed by atoms with Gasteiger partial charge in [-0.15, -0.1) is 0 Å². The molecule has 30 heavy (non-hydrogen) atoms. The van der Waals surface area contributed by atoms with Gasteiger partial charge in [0, 0.05) is 47.0 Å². The number of hydrogen-bond acceptors (Lipinski definition) is 7. The molecule has 1 atom stereocenters. The van der Waals surface area contributed by atoms with E-state index in [-0.39, 0.29) is 25.3 Å². The molecule has 1 aliphatic heterocycles. The largest absolute Gasteiger partial charge is 0.404 e.